The second-order valence-corrected chi connectivity index (χ2v) is 7.28. The van der Waals surface area contributed by atoms with Crippen molar-refractivity contribution in [1.82, 2.24) is 19.9 Å². The number of benzene rings is 2. The summed E-state index contributed by atoms with van der Waals surface area (Å²) in [5, 5.41) is 8.75. The van der Waals surface area contributed by atoms with E-state index in [2.05, 4.69) is 29.5 Å². The van der Waals surface area contributed by atoms with Crippen LogP contribution in [-0.4, -0.2) is 20.5 Å². The Morgan fingerprint density at radius 3 is 2.71 bits per heavy atom. The van der Waals surface area contributed by atoms with Crippen molar-refractivity contribution >= 4 is 22.5 Å². The van der Waals surface area contributed by atoms with Gasteiger partial charge in [-0.2, -0.15) is 5.10 Å². The molecule has 2 aromatic heterocycles. The van der Waals surface area contributed by atoms with Crippen molar-refractivity contribution < 1.29 is 4.79 Å². The smallest absolute Gasteiger partial charge is 0.220 e. The van der Waals surface area contributed by atoms with Crippen molar-refractivity contribution in [2.24, 2.45) is 0 Å². The predicted molar refractivity (Wildman–Crippen MR) is 111 cm³/mol. The molecule has 0 saturated carbocycles. The Labute approximate surface area is 164 Å². The van der Waals surface area contributed by atoms with Crippen molar-refractivity contribution in [1.29, 1.82) is 0 Å². The summed E-state index contributed by atoms with van der Waals surface area (Å²) in [5.41, 5.74) is 7.22. The Morgan fingerprint density at radius 2 is 1.89 bits per heavy atom. The molecule has 0 fully saturated rings. The van der Waals surface area contributed by atoms with E-state index in [0.717, 1.165) is 39.1 Å². The lowest BCUT2D eigenvalue weighted by molar-refractivity contribution is -0.121. The standard InChI is InChI=1S/C23H24N4O/c1-15-7-6-8-18(13-15)14-24-22(28)12-11-19-16(2)25-23-20-9-4-5-10-21(20)26-27(23)17(19)3/h4-10,13H,11-12,14H2,1-3H3,(H,24,28). The summed E-state index contributed by atoms with van der Waals surface area (Å²) in [7, 11) is 0. The number of rotatable bonds is 5. The predicted octanol–water partition coefficient (Wildman–Crippen LogP) is 4.06. The lowest BCUT2D eigenvalue weighted by Crippen LogP contribution is -2.23. The average molecular weight is 372 g/mol. The van der Waals surface area contributed by atoms with Crippen molar-refractivity contribution in [2.75, 3.05) is 0 Å². The van der Waals surface area contributed by atoms with Crippen LogP contribution in [0.3, 0.4) is 0 Å². The molecule has 0 spiro atoms. The summed E-state index contributed by atoms with van der Waals surface area (Å²) in [6.45, 7) is 6.67. The fourth-order valence-electron chi connectivity index (χ4n) is 3.69. The molecule has 4 rings (SSSR count). The first-order chi connectivity index (χ1) is 13.5. The minimum absolute atomic E-state index is 0.0472. The normalized spacial score (nSPS) is 11.2. The molecule has 1 N–H and O–H groups in total. The quantitative estimate of drug-likeness (QED) is 0.575. The van der Waals surface area contributed by atoms with E-state index in [0.29, 0.717) is 19.4 Å². The minimum Gasteiger partial charge on any atom is -0.352 e. The molecule has 0 aliphatic carbocycles. The largest absolute Gasteiger partial charge is 0.352 e. The summed E-state index contributed by atoms with van der Waals surface area (Å²) < 4.78 is 1.90. The van der Waals surface area contributed by atoms with E-state index < -0.39 is 0 Å². The van der Waals surface area contributed by atoms with Gasteiger partial charge in [-0.1, -0.05) is 42.0 Å². The molecule has 0 unspecified atom stereocenters. The van der Waals surface area contributed by atoms with Crippen LogP contribution < -0.4 is 5.32 Å². The van der Waals surface area contributed by atoms with Crippen LogP contribution in [0.1, 0.15) is 34.5 Å². The van der Waals surface area contributed by atoms with Gasteiger partial charge in [-0.25, -0.2) is 9.50 Å². The fraction of sp³-hybridized carbons (Fsp3) is 0.261. The van der Waals surface area contributed by atoms with Crippen molar-refractivity contribution in [3.05, 3.63) is 76.6 Å². The Balaban J connectivity index is 1.50. The fourth-order valence-corrected chi connectivity index (χ4v) is 3.69. The molecule has 5 nitrogen and oxygen atoms in total. The van der Waals surface area contributed by atoms with Gasteiger partial charge in [-0.3, -0.25) is 4.79 Å². The highest BCUT2D eigenvalue weighted by Crippen LogP contribution is 2.22. The van der Waals surface area contributed by atoms with E-state index in [9.17, 15) is 4.79 Å². The SMILES string of the molecule is Cc1cccc(CNC(=O)CCc2c(C)nc3c4ccccc4nn3c2C)c1. The van der Waals surface area contributed by atoms with Crippen LogP contribution >= 0.6 is 0 Å². The molecule has 1 amide bonds. The molecular formula is C23H24N4O. The Kier molecular flexibility index (Phi) is 4.82. The Morgan fingerprint density at radius 1 is 1.07 bits per heavy atom. The highest BCUT2D eigenvalue weighted by molar-refractivity contribution is 5.92. The van der Waals surface area contributed by atoms with Gasteiger partial charge < -0.3 is 5.32 Å². The number of aryl methyl sites for hydroxylation is 3. The first kappa shape index (κ1) is 18.2. The van der Waals surface area contributed by atoms with E-state index in [1.54, 1.807) is 0 Å². The molecular weight excluding hydrogens is 348 g/mol. The molecule has 0 radical (unpaired) electrons. The maximum absolute atomic E-state index is 12.3. The van der Waals surface area contributed by atoms with Gasteiger partial charge in [0.2, 0.25) is 5.91 Å². The number of fused-ring (bicyclic) bond motifs is 3. The zero-order valence-electron chi connectivity index (χ0n) is 16.5. The number of nitrogens with zero attached hydrogens (tertiary/aromatic N) is 3. The molecule has 0 saturated heterocycles. The van der Waals surface area contributed by atoms with Gasteiger partial charge in [0.25, 0.3) is 0 Å². The van der Waals surface area contributed by atoms with Gasteiger partial charge in [0.05, 0.1) is 5.52 Å². The zero-order valence-corrected chi connectivity index (χ0v) is 16.5. The number of hydrogen-bond donors (Lipinski definition) is 1. The lowest BCUT2D eigenvalue weighted by atomic mass is 10.1. The van der Waals surface area contributed by atoms with E-state index in [1.165, 1.54) is 5.56 Å². The number of carbonyl (C=O) groups excluding carboxylic acids is 1. The van der Waals surface area contributed by atoms with Crippen LogP contribution in [-0.2, 0) is 17.8 Å². The number of aromatic nitrogens is 3. The number of hydrogen-bond acceptors (Lipinski definition) is 3. The molecule has 0 bridgehead atoms. The van der Waals surface area contributed by atoms with Crippen molar-refractivity contribution in [3.8, 4) is 0 Å². The molecule has 2 aromatic carbocycles. The third kappa shape index (κ3) is 3.48. The maximum Gasteiger partial charge on any atom is 0.220 e. The van der Waals surface area contributed by atoms with Crippen LogP contribution in [0.2, 0.25) is 0 Å². The number of amides is 1. The Bertz CT molecular complexity index is 1180. The van der Waals surface area contributed by atoms with E-state index in [4.69, 9.17) is 4.98 Å². The monoisotopic (exact) mass is 372 g/mol. The first-order valence-corrected chi connectivity index (χ1v) is 9.59. The van der Waals surface area contributed by atoms with E-state index in [-0.39, 0.29) is 5.91 Å². The zero-order chi connectivity index (χ0) is 19.7. The first-order valence-electron chi connectivity index (χ1n) is 9.59. The van der Waals surface area contributed by atoms with E-state index >= 15 is 0 Å². The minimum atomic E-state index is 0.0472. The number of nitrogens with one attached hydrogen (secondary N) is 1. The van der Waals surface area contributed by atoms with Gasteiger partial charge in [-0.05, 0) is 50.5 Å². The van der Waals surface area contributed by atoms with Crippen LogP contribution in [0.5, 0.6) is 0 Å². The summed E-state index contributed by atoms with van der Waals surface area (Å²) in [5.74, 6) is 0.0472. The van der Waals surface area contributed by atoms with Crippen LogP contribution in [0.4, 0.5) is 0 Å². The maximum atomic E-state index is 12.3. The molecule has 0 aliphatic rings. The second-order valence-electron chi connectivity index (χ2n) is 7.28. The van der Waals surface area contributed by atoms with Crippen molar-refractivity contribution in [3.63, 3.8) is 0 Å². The summed E-state index contributed by atoms with van der Waals surface area (Å²) >= 11 is 0. The molecule has 2 heterocycles. The molecule has 4 aromatic rings. The van der Waals surface area contributed by atoms with Crippen LogP contribution in [0.15, 0.2) is 48.5 Å². The summed E-state index contributed by atoms with van der Waals surface area (Å²) in [6.07, 6.45) is 1.08. The van der Waals surface area contributed by atoms with E-state index in [1.807, 2.05) is 54.8 Å². The molecule has 28 heavy (non-hydrogen) atoms. The molecule has 0 atom stereocenters. The lowest BCUT2D eigenvalue weighted by Gasteiger charge is -2.11. The van der Waals surface area contributed by atoms with Gasteiger partial charge >= 0.3 is 0 Å². The second kappa shape index (κ2) is 7.43. The van der Waals surface area contributed by atoms with Gasteiger partial charge in [0, 0.05) is 29.7 Å². The van der Waals surface area contributed by atoms with Gasteiger partial charge in [-0.15, -0.1) is 0 Å². The average Bonchev–Trinajstić information content (AvgIpc) is 3.05. The highest BCUT2D eigenvalue weighted by atomic mass is 16.1. The third-order valence-electron chi connectivity index (χ3n) is 5.19. The number of carbonyl (C=O) groups is 1. The third-order valence-corrected chi connectivity index (χ3v) is 5.19. The Hall–Kier alpha value is -3.21. The molecule has 142 valence electrons. The summed E-state index contributed by atoms with van der Waals surface area (Å²) in [6, 6.07) is 16.2. The van der Waals surface area contributed by atoms with Crippen LogP contribution in [0.25, 0.3) is 16.6 Å². The van der Waals surface area contributed by atoms with Gasteiger partial charge in [0.1, 0.15) is 0 Å². The van der Waals surface area contributed by atoms with Gasteiger partial charge in [0.15, 0.2) is 5.65 Å². The highest BCUT2D eigenvalue weighted by Gasteiger charge is 2.14. The topological polar surface area (TPSA) is 59.3 Å². The molecule has 5 heteroatoms. The van der Waals surface area contributed by atoms with Crippen LogP contribution in [0, 0.1) is 20.8 Å². The molecule has 0 aliphatic heterocycles. The summed E-state index contributed by atoms with van der Waals surface area (Å²) in [4.78, 5) is 17.1. The van der Waals surface area contributed by atoms with Crippen molar-refractivity contribution in [2.45, 2.75) is 40.2 Å².